The van der Waals surface area contributed by atoms with Crippen LogP contribution in [0.2, 0.25) is 0 Å². The van der Waals surface area contributed by atoms with Crippen LogP contribution in [-0.2, 0) is 14.3 Å². The molecule has 2 bridgehead atoms. The average Bonchev–Trinajstić information content (AvgIpc) is 2.79. The lowest BCUT2D eigenvalue weighted by molar-refractivity contribution is -0.158. The molecule has 2 fully saturated rings. The van der Waals surface area contributed by atoms with Crippen LogP contribution < -0.4 is 0 Å². The van der Waals surface area contributed by atoms with Crippen LogP contribution in [0.3, 0.4) is 0 Å². The van der Waals surface area contributed by atoms with Crippen molar-refractivity contribution in [3.63, 3.8) is 0 Å². The number of carbonyl (C=O) groups excluding carboxylic acids is 2. The first-order valence-corrected chi connectivity index (χ1v) is 9.44. The van der Waals surface area contributed by atoms with E-state index in [2.05, 4.69) is 27.5 Å². The number of piperidine rings is 1. The molecule has 0 aliphatic carbocycles. The summed E-state index contributed by atoms with van der Waals surface area (Å²) in [6.07, 6.45) is 2.26. The molecule has 2 aliphatic rings. The molecular formula is C18H22INO4. The Morgan fingerprint density at radius 1 is 1.25 bits per heavy atom. The molecule has 0 radical (unpaired) electrons. The largest absolute Gasteiger partial charge is 0.466 e. The molecule has 130 valence electrons. The molecule has 0 spiro atoms. The van der Waals surface area contributed by atoms with Gasteiger partial charge in [0.1, 0.15) is 12.0 Å². The van der Waals surface area contributed by atoms with Gasteiger partial charge in [0.15, 0.2) is 0 Å². The van der Waals surface area contributed by atoms with Crippen molar-refractivity contribution in [1.82, 2.24) is 4.90 Å². The minimum atomic E-state index is -0.412. The average molecular weight is 443 g/mol. The number of fused-ring (bicyclic) bond motifs is 2. The summed E-state index contributed by atoms with van der Waals surface area (Å²) in [5.74, 6) is -1.02. The molecule has 0 unspecified atom stereocenters. The first-order valence-electron chi connectivity index (χ1n) is 8.36. The van der Waals surface area contributed by atoms with Gasteiger partial charge in [-0.15, -0.1) is 0 Å². The molecule has 1 aromatic carbocycles. The maximum absolute atomic E-state index is 12.5. The van der Waals surface area contributed by atoms with Crippen molar-refractivity contribution in [2.45, 2.75) is 44.4 Å². The molecule has 0 amide bonds. The molecule has 6 heteroatoms. The molecular weight excluding hydrogens is 421 g/mol. The van der Waals surface area contributed by atoms with E-state index in [0.717, 1.165) is 16.4 Å². The summed E-state index contributed by atoms with van der Waals surface area (Å²) < 4.78 is 12.1. The van der Waals surface area contributed by atoms with E-state index in [-0.39, 0.29) is 18.0 Å². The number of esters is 2. The number of ether oxygens (including phenoxy) is 2. The molecule has 5 nitrogen and oxygen atoms in total. The van der Waals surface area contributed by atoms with E-state index in [1.165, 1.54) is 0 Å². The topological polar surface area (TPSA) is 55.8 Å². The summed E-state index contributed by atoms with van der Waals surface area (Å²) in [7, 11) is 2.05. The number of halogens is 1. The van der Waals surface area contributed by atoms with Crippen molar-refractivity contribution >= 4 is 34.5 Å². The van der Waals surface area contributed by atoms with Crippen LogP contribution in [0.5, 0.6) is 0 Å². The second kappa shape index (κ2) is 7.39. The van der Waals surface area contributed by atoms with Crippen LogP contribution in [0.4, 0.5) is 0 Å². The van der Waals surface area contributed by atoms with Gasteiger partial charge in [-0.25, -0.2) is 4.79 Å². The fraction of sp³-hybridized carbons (Fsp3) is 0.556. The van der Waals surface area contributed by atoms with Crippen molar-refractivity contribution in [3.05, 3.63) is 33.4 Å². The number of hydrogen-bond acceptors (Lipinski definition) is 5. The normalized spacial score (nSPS) is 29.3. The predicted octanol–water partition coefficient (Wildman–Crippen LogP) is 2.86. The van der Waals surface area contributed by atoms with Crippen molar-refractivity contribution in [1.29, 1.82) is 0 Å². The van der Waals surface area contributed by atoms with Gasteiger partial charge in [0.05, 0.1) is 12.2 Å². The van der Waals surface area contributed by atoms with Crippen molar-refractivity contribution in [3.8, 4) is 0 Å². The Bertz CT molecular complexity index is 618. The van der Waals surface area contributed by atoms with Gasteiger partial charge in [-0.05, 0) is 73.7 Å². The minimum absolute atomic E-state index is 0.0947. The first-order chi connectivity index (χ1) is 11.5. The predicted molar refractivity (Wildman–Crippen MR) is 97.7 cm³/mol. The summed E-state index contributed by atoms with van der Waals surface area (Å²) in [5, 5.41) is 0. The summed E-state index contributed by atoms with van der Waals surface area (Å²) in [6.45, 7) is 2.14. The summed E-state index contributed by atoms with van der Waals surface area (Å²) >= 11 is 2.19. The van der Waals surface area contributed by atoms with Gasteiger partial charge >= 0.3 is 11.9 Å². The van der Waals surface area contributed by atoms with E-state index < -0.39 is 12.0 Å². The van der Waals surface area contributed by atoms with Crippen molar-refractivity contribution < 1.29 is 19.1 Å². The zero-order chi connectivity index (χ0) is 17.3. The lowest BCUT2D eigenvalue weighted by Crippen LogP contribution is -2.53. The highest BCUT2D eigenvalue weighted by Gasteiger charge is 2.51. The van der Waals surface area contributed by atoms with Gasteiger partial charge in [-0.2, -0.15) is 0 Å². The zero-order valence-electron chi connectivity index (χ0n) is 13.9. The van der Waals surface area contributed by atoms with Gasteiger partial charge in [0.2, 0.25) is 0 Å². The molecule has 0 N–H and O–H groups in total. The number of hydrogen-bond donors (Lipinski definition) is 0. The van der Waals surface area contributed by atoms with Crippen molar-refractivity contribution in [2.24, 2.45) is 5.92 Å². The molecule has 0 aromatic heterocycles. The Balaban J connectivity index is 1.78. The number of nitrogens with zero attached hydrogens (tertiary/aromatic N) is 1. The van der Waals surface area contributed by atoms with Gasteiger partial charge in [0.25, 0.3) is 0 Å². The third kappa shape index (κ3) is 3.44. The van der Waals surface area contributed by atoms with E-state index in [0.29, 0.717) is 24.6 Å². The second-order valence-corrected chi connectivity index (χ2v) is 7.67. The lowest BCUT2D eigenvalue weighted by Gasteiger charge is -2.40. The molecule has 24 heavy (non-hydrogen) atoms. The fourth-order valence-electron chi connectivity index (χ4n) is 3.88. The Kier molecular flexibility index (Phi) is 5.44. The highest BCUT2D eigenvalue weighted by Crippen LogP contribution is 2.40. The summed E-state index contributed by atoms with van der Waals surface area (Å²) in [6, 6.07) is 7.73. The van der Waals surface area contributed by atoms with Crippen LogP contribution in [0.15, 0.2) is 24.3 Å². The van der Waals surface area contributed by atoms with Crippen molar-refractivity contribution in [2.75, 3.05) is 13.7 Å². The van der Waals surface area contributed by atoms with E-state index >= 15 is 0 Å². The van der Waals surface area contributed by atoms with Crippen LogP contribution >= 0.6 is 22.6 Å². The molecule has 2 heterocycles. The van der Waals surface area contributed by atoms with Crippen LogP contribution in [0.1, 0.15) is 36.5 Å². The molecule has 1 aromatic rings. The van der Waals surface area contributed by atoms with Crippen LogP contribution in [0, 0.1) is 9.49 Å². The van der Waals surface area contributed by atoms with Gasteiger partial charge in [0, 0.05) is 22.1 Å². The third-order valence-electron chi connectivity index (χ3n) is 5.11. The Labute approximate surface area is 155 Å². The van der Waals surface area contributed by atoms with Gasteiger partial charge < -0.3 is 9.47 Å². The minimum Gasteiger partial charge on any atom is -0.466 e. The molecule has 4 atom stereocenters. The molecule has 2 saturated heterocycles. The maximum atomic E-state index is 12.5. The van der Waals surface area contributed by atoms with Gasteiger partial charge in [-0.3, -0.25) is 9.69 Å². The Morgan fingerprint density at radius 2 is 1.96 bits per heavy atom. The lowest BCUT2D eigenvalue weighted by atomic mass is 9.87. The standard InChI is InChI=1S/C18H22INO4/c1-3-23-18(22)16-14-9-8-13(20(14)2)10-15(16)24-17(21)11-4-6-12(19)7-5-11/h4-7,13-16H,3,8-10H2,1-2H3/t13-,14+,15-,16+/m0/s1. The van der Waals surface area contributed by atoms with E-state index in [1.54, 1.807) is 19.1 Å². The Hall–Kier alpha value is -1.15. The van der Waals surface area contributed by atoms with E-state index in [1.807, 2.05) is 19.2 Å². The number of benzene rings is 1. The SMILES string of the molecule is CCOC(=O)[C@H]1[C@@H](OC(=O)c2ccc(I)cc2)C[C@@H]2CC[C@H]1N2C. The highest BCUT2D eigenvalue weighted by atomic mass is 127. The fourth-order valence-corrected chi connectivity index (χ4v) is 4.24. The van der Waals surface area contributed by atoms with E-state index in [4.69, 9.17) is 9.47 Å². The third-order valence-corrected chi connectivity index (χ3v) is 5.83. The van der Waals surface area contributed by atoms with Crippen LogP contribution in [-0.4, -0.2) is 48.7 Å². The zero-order valence-corrected chi connectivity index (χ0v) is 16.1. The number of carbonyl (C=O) groups is 2. The van der Waals surface area contributed by atoms with Crippen LogP contribution in [0.25, 0.3) is 0 Å². The smallest absolute Gasteiger partial charge is 0.338 e. The quantitative estimate of drug-likeness (QED) is 0.529. The summed E-state index contributed by atoms with van der Waals surface area (Å²) in [4.78, 5) is 27.2. The number of rotatable bonds is 4. The second-order valence-electron chi connectivity index (χ2n) is 6.43. The summed E-state index contributed by atoms with van der Waals surface area (Å²) in [5.41, 5.74) is 0.518. The van der Waals surface area contributed by atoms with Gasteiger partial charge in [-0.1, -0.05) is 0 Å². The molecule has 0 saturated carbocycles. The molecule has 3 rings (SSSR count). The monoisotopic (exact) mass is 443 g/mol. The first kappa shape index (κ1) is 17.7. The maximum Gasteiger partial charge on any atom is 0.338 e. The molecule has 2 aliphatic heterocycles. The Morgan fingerprint density at radius 3 is 2.62 bits per heavy atom. The van der Waals surface area contributed by atoms with E-state index in [9.17, 15) is 9.59 Å². The highest BCUT2D eigenvalue weighted by molar-refractivity contribution is 14.1.